The van der Waals surface area contributed by atoms with Gasteiger partial charge in [-0.25, -0.2) is 0 Å². The van der Waals surface area contributed by atoms with Gasteiger partial charge in [-0.1, -0.05) is 0 Å². The first kappa shape index (κ1) is 13.1. The highest BCUT2D eigenvalue weighted by atomic mass is 19.4. The summed E-state index contributed by atoms with van der Waals surface area (Å²) in [5.41, 5.74) is 0. The van der Waals surface area contributed by atoms with E-state index in [-0.39, 0.29) is 26.0 Å². The third-order valence-electron chi connectivity index (χ3n) is 3.39. The van der Waals surface area contributed by atoms with Gasteiger partial charge in [-0.3, -0.25) is 9.59 Å². The lowest BCUT2D eigenvalue weighted by Gasteiger charge is -2.37. The van der Waals surface area contributed by atoms with E-state index in [1.54, 1.807) is 0 Å². The predicted octanol–water partition coefficient (Wildman–Crippen LogP) is 0.639. The van der Waals surface area contributed by atoms with E-state index in [9.17, 15) is 22.8 Å². The molecule has 0 aromatic rings. The van der Waals surface area contributed by atoms with Crippen LogP contribution in [0.5, 0.6) is 0 Å². The van der Waals surface area contributed by atoms with Crippen LogP contribution in [-0.2, 0) is 14.3 Å². The molecule has 2 aliphatic rings. The number of aliphatic carboxylic acids is 1. The van der Waals surface area contributed by atoms with Crippen molar-refractivity contribution in [2.24, 2.45) is 5.92 Å². The Bertz CT molecular complexity index is 371. The summed E-state index contributed by atoms with van der Waals surface area (Å²) in [6, 6.07) is -0.783. The molecular weight excluding hydrogens is 255 g/mol. The molecule has 0 spiro atoms. The molecule has 1 saturated heterocycles. The second-order valence-corrected chi connectivity index (χ2v) is 4.48. The molecule has 1 aliphatic carbocycles. The zero-order chi connectivity index (χ0) is 13.5. The normalized spacial score (nSPS) is 32.2. The molecule has 1 heterocycles. The number of hydrogen-bond acceptors (Lipinski definition) is 3. The molecule has 1 aliphatic heterocycles. The van der Waals surface area contributed by atoms with Gasteiger partial charge in [0.1, 0.15) is 0 Å². The number of nitrogens with zero attached hydrogens (tertiary/aromatic N) is 1. The minimum absolute atomic E-state index is 0.00925. The number of carbonyl (C=O) groups excluding carboxylic acids is 1. The summed E-state index contributed by atoms with van der Waals surface area (Å²) in [4.78, 5) is 22.8. The minimum atomic E-state index is -4.93. The summed E-state index contributed by atoms with van der Waals surface area (Å²) < 4.78 is 42.4. The number of fused-ring (bicyclic) bond motifs is 1. The van der Waals surface area contributed by atoms with Crippen molar-refractivity contribution in [2.75, 3.05) is 13.2 Å². The second kappa shape index (κ2) is 4.42. The first-order valence-corrected chi connectivity index (χ1v) is 5.53. The molecule has 3 unspecified atom stereocenters. The maximum absolute atomic E-state index is 12.4. The van der Waals surface area contributed by atoms with Crippen LogP contribution in [0.1, 0.15) is 12.8 Å². The van der Waals surface area contributed by atoms with Gasteiger partial charge < -0.3 is 14.7 Å². The van der Waals surface area contributed by atoms with Gasteiger partial charge in [0.05, 0.1) is 24.7 Å². The Morgan fingerprint density at radius 2 is 1.94 bits per heavy atom. The Balaban J connectivity index is 2.14. The standard InChI is InChI=1S/C10H12F3NO4/c11-10(12,13)9(17)14-1-2-18-7-4-5(8(15)16)3-6(7)14/h5-7H,1-4H2,(H,15,16). The van der Waals surface area contributed by atoms with Crippen LogP contribution in [0.25, 0.3) is 0 Å². The molecule has 1 saturated carbocycles. The quantitative estimate of drug-likeness (QED) is 0.757. The van der Waals surface area contributed by atoms with Crippen molar-refractivity contribution in [2.45, 2.75) is 31.2 Å². The highest BCUT2D eigenvalue weighted by Gasteiger charge is 2.51. The van der Waals surface area contributed by atoms with Gasteiger partial charge >= 0.3 is 18.1 Å². The number of rotatable bonds is 1. The molecule has 102 valence electrons. The molecule has 5 nitrogen and oxygen atoms in total. The number of morpholine rings is 1. The van der Waals surface area contributed by atoms with E-state index in [2.05, 4.69) is 0 Å². The van der Waals surface area contributed by atoms with Crippen LogP contribution >= 0.6 is 0 Å². The highest BCUT2D eigenvalue weighted by molar-refractivity contribution is 5.82. The Kier molecular flexibility index (Phi) is 3.22. The van der Waals surface area contributed by atoms with Gasteiger partial charge in [0.15, 0.2) is 0 Å². The van der Waals surface area contributed by atoms with E-state index in [4.69, 9.17) is 9.84 Å². The van der Waals surface area contributed by atoms with Crippen molar-refractivity contribution in [1.29, 1.82) is 0 Å². The minimum Gasteiger partial charge on any atom is -0.481 e. The molecule has 2 rings (SSSR count). The van der Waals surface area contributed by atoms with Gasteiger partial charge in [-0.05, 0) is 12.8 Å². The van der Waals surface area contributed by atoms with Crippen molar-refractivity contribution >= 4 is 11.9 Å². The molecule has 0 aromatic carbocycles. The molecule has 2 fully saturated rings. The molecular formula is C10H12F3NO4. The molecule has 0 aromatic heterocycles. The summed E-state index contributed by atoms with van der Waals surface area (Å²) in [5, 5.41) is 8.86. The maximum Gasteiger partial charge on any atom is 0.471 e. The lowest BCUT2D eigenvalue weighted by atomic mass is 10.1. The fourth-order valence-electron chi connectivity index (χ4n) is 2.57. The van der Waals surface area contributed by atoms with E-state index in [0.29, 0.717) is 4.90 Å². The average molecular weight is 267 g/mol. The van der Waals surface area contributed by atoms with Gasteiger partial charge in [0.2, 0.25) is 0 Å². The number of hydrogen-bond donors (Lipinski definition) is 1. The summed E-state index contributed by atoms with van der Waals surface area (Å²) in [6.07, 6.45) is -5.36. The van der Waals surface area contributed by atoms with Crippen molar-refractivity contribution in [1.82, 2.24) is 4.90 Å². The van der Waals surface area contributed by atoms with Crippen LogP contribution < -0.4 is 0 Å². The Labute approximate surface area is 100 Å². The van der Waals surface area contributed by atoms with E-state index >= 15 is 0 Å². The fraction of sp³-hybridized carbons (Fsp3) is 0.800. The lowest BCUT2D eigenvalue weighted by molar-refractivity contribution is -0.195. The molecule has 18 heavy (non-hydrogen) atoms. The molecule has 3 atom stereocenters. The summed E-state index contributed by atoms with van der Waals surface area (Å²) >= 11 is 0. The Hall–Kier alpha value is -1.31. The first-order chi connectivity index (χ1) is 8.30. The Morgan fingerprint density at radius 3 is 2.50 bits per heavy atom. The maximum atomic E-state index is 12.4. The topological polar surface area (TPSA) is 66.8 Å². The molecule has 1 amide bonds. The number of carbonyl (C=O) groups is 2. The third-order valence-corrected chi connectivity index (χ3v) is 3.39. The largest absolute Gasteiger partial charge is 0.481 e. The SMILES string of the molecule is O=C(O)C1CC2OCCN(C(=O)C(F)(F)F)C2C1. The van der Waals surface area contributed by atoms with E-state index in [1.807, 2.05) is 0 Å². The van der Waals surface area contributed by atoms with Crippen LogP contribution in [0, 0.1) is 5.92 Å². The predicted molar refractivity (Wildman–Crippen MR) is 51.7 cm³/mol. The Morgan fingerprint density at radius 1 is 1.28 bits per heavy atom. The van der Waals surface area contributed by atoms with Gasteiger partial charge in [0, 0.05) is 6.54 Å². The van der Waals surface area contributed by atoms with Crippen LogP contribution in [0.2, 0.25) is 0 Å². The van der Waals surface area contributed by atoms with Crippen molar-refractivity contribution in [3.05, 3.63) is 0 Å². The van der Waals surface area contributed by atoms with Crippen LogP contribution in [0.3, 0.4) is 0 Å². The number of ether oxygens (including phenoxy) is 1. The number of carboxylic acids is 1. The third kappa shape index (κ3) is 2.29. The van der Waals surface area contributed by atoms with Crippen LogP contribution in [0.15, 0.2) is 0 Å². The summed E-state index contributed by atoms with van der Waals surface area (Å²) in [6.45, 7) is -0.138. The number of amides is 1. The lowest BCUT2D eigenvalue weighted by Crippen LogP contribution is -2.55. The first-order valence-electron chi connectivity index (χ1n) is 5.53. The van der Waals surface area contributed by atoms with E-state index in [0.717, 1.165) is 0 Å². The monoisotopic (exact) mass is 267 g/mol. The van der Waals surface area contributed by atoms with Crippen molar-refractivity contribution < 1.29 is 32.6 Å². The number of halogens is 3. The number of carboxylic acid groups (broad SMARTS) is 1. The van der Waals surface area contributed by atoms with Crippen molar-refractivity contribution in [3.8, 4) is 0 Å². The molecule has 0 radical (unpaired) electrons. The molecule has 0 bridgehead atoms. The zero-order valence-corrected chi connectivity index (χ0v) is 9.31. The van der Waals surface area contributed by atoms with Crippen LogP contribution in [-0.4, -0.2) is 53.4 Å². The van der Waals surface area contributed by atoms with Gasteiger partial charge in [-0.2, -0.15) is 13.2 Å². The molecule has 8 heteroatoms. The molecule has 1 N–H and O–H groups in total. The van der Waals surface area contributed by atoms with E-state index in [1.165, 1.54) is 0 Å². The van der Waals surface area contributed by atoms with Crippen molar-refractivity contribution in [3.63, 3.8) is 0 Å². The van der Waals surface area contributed by atoms with Crippen LogP contribution in [0.4, 0.5) is 13.2 Å². The van der Waals surface area contributed by atoms with Gasteiger partial charge in [0.25, 0.3) is 0 Å². The van der Waals surface area contributed by atoms with E-state index < -0.39 is 36.1 Å². The zero-order valence-electron chi connectivity index (χ0n) is 9.31. The van der Waals surface area contributed by atoms with Gasteiger partial charge in [-0.15, -0.1) is 0 Å². The highest BCUT2D eigenvalue weighted by Crippen LogP contribution is 2.36. The second-order valence-electron chi connectivity index (χ2n) is 4.48. The average Bonchev–Trinajstić information content (AvgIpc) is 2.70. The fourth-order valence-corrected chi connectivity index (χ4v) is 2.57. The smallest absolute Gasteiger partial charge is 0.471 e. The number of alkyl halides is 3. The summed E-state index contributed by atoms with van der Waals surface area (Å²) in [5.74, 6) is -3.72. The summed E-state index contributed by atoms with van der Waals surface area (Å²) in [7, 11) is 0.